The van der Waals surface area contributed by atoms with Crippen molar-refractivity contribution in [3.05, 3.63) is 169 Å². The standard InChI is InChI=1S/C45H33N2O/c1-30-22-25-37-36-26-23-35(32-16-8-4-9-17-32)29-42(36)48-44(37)43(30)45-46(2)40-20-12-13-21-41(40)47(45)39-27-24-34(31-14-6-3-7-15-31)28-38(39)33-18-10-5-11-19-33/h3-29H,1-2H3/q+1. The van der Waals surface area contributed by atoms with E-state index in [1.807, 2.05) is 0 Å². The predicted octanol–water partition coefficient (Wildman–Crippen LogP) is 11.3. The van der Waals surface area contributed by atoms with E-state index in [0.717, 1.165) is 61.2 Å². The molecule has 3 heteroatoms. The van der Waals surface area contributed by atoms with Crippen LogP contribution in [-0.4, -0.2) is 4.57 Å². The van der Waals surface area contributed by atoms with Crippen LogP contribution >= 0.6 is 0 Å². The molecule has 0 atom stereocenters. The fraction of sp³-hybridized carbons (Fsp3) is 0.0444. The van der Waals surface area contributed by atoms with Gasteiger partial charge in [-0.05, 0) is 76.7 Å². The number of para-hydroxylation sites is 2. The number of rotatable bonds is 5. The average Bonchev–Trinajstić information content (AvgIpc) is 3.66. The molecule has 0 aliphatic carbocycles. The van der Waals surface area contributed by atoms with Gasteiger partial charge in [0.2, 0.25) is 0 Å². The summed E-state index contributed by atoms with van der Waals surface area (Å²) in [5, 5.41) is 2.23. The van der Waals surface area contributed by atoms with Gasteiger partial charge in [-0.1, -0.05) is 127 Å². The summed E-state index contributed by atoms with van der Waals surface area (Å²) in [6.45, 7) is 2.19. The van der Waals surface area contributed by atoms with E-state index < -0.39 is 0 Å². The average molecular weight is 618 g/mol. The third-order valence-corrected chi connectivity index (χ3v) is 9.62. The quantitative estimate of drug-likeness (QED) is 0.176. The Kier molecular flexibility index (Phi) is 6.58. The molecule has 0 N–H and O–H groups in total. The molecule has 228 valence electrons. The molecule has 0 aliphatic rings. The summed E-state index contributed by atoms with van der Waals surface area (Å²) in [5.74, 6) is 1.08. The number of hydrogen-bond donors (Lipinski definition) is 0. The summed E-state index contributed by atoms with van der Waals surface area (Å²) in [5.41, 5.74) is 14.5. The van der Waals surface area contributed by atoms with Gasteiger partial charge in [-0.2, -0.15) is 4.57 Å². The Bertz CT molecular complexity index is 2610. The van der Waals surface area contributed by atoms with Crippen LogP contribution < -0.4 is 4.57 Å². The Hall–Kier alpha value is -6.19. The summed E-state index contributed by atoms with van der Waals surface area (Å²) in [7, 11) is 2.17. The number of aryl methyl sites for hydroxylation is 2. The summed E-state index contributed by atoms with van der Waals surface area (Å²) >= 11 is 0. The van der Waals surface area contributed by atoms with Crippen LogP contribution in [0.15, 0.2) is 168 Å². The van der Waals surface area contributed by atoms with Gasteiger partial charge < -0.3 is 4.42 Å². The first-order valence-electron chi connectivity index (χ1n) is 16.4. The maximum atomic E-state index is 6.89. The normalized spacial score (nSPS) is 11.5. The lowest BCUT2D eigenvalue weighted by molar-refractivity contribution is -0.633. The first kappa shape index (κ1) is 28.1. The minimum absolute atomic E-state index is 0.890. The van der Waals surface area contributed by atoms with E-state index in [2.05, 4.69) is 187 Å². The summed E-state index contributed by atoms with van der Waals surface area (Å²) in [4.78, 5) is 0. The van der Waals surface area contributed by atoms with Crippen molar-refractivity contribution in [3.63, 3.8) is 0 Å². The second-order valence-electron chi connectivity index (χ2n) is 12.5. The first-order valence-corrected chi connectivity index (χ1v) is 16.4. The molecule has 7 aromatic carbocycles. The molecule has 0 saturated carbocycles. The molecule has 2 heterocycles. The van der Waals surface area contributed by atoms with Gasteiger partial charge in [-0.25, -0.2) is 4.57 Å². The summed E-state index contributed by atoms with van der Waals surface area (Å²) < 4.78 is 11.6. The molecule has 0 radical (unpaired) electrons. The third kappa shape index (κ3) is 4.47. The first-order chi connectivity index (χ1) is 23.7. The fourth-order valence-electron chi connectivity index (χ4n) is 7.26. The number of benzene rings is 7. The van der Waals surface area contributed by atoms with Crippen molar-refractivity contribution in [3.8, 4) is 50.5 Å². The van der Waals surface area contributed by atoms with E-state index in [-0.39, 0.29) is 0 Å². The van der Waals surface area contributed by atoms with Crippen LogP contribution in [0.1, 0.15) is 5.56 Å². The highest BCUT2D eigenvalue weighted by Gasteiger charge is 2.31. The van der Waals surface area contributed by atoms with Crippen LogP contribution in [0.2, 0.25) is 0 Å². The van der Waals surface area contributed by atoms with E-state index in [1.165, 1.54) is 27.8 Å². The molecular formula is C45H33N2O+. The summed E-state index contributed by atoms with van der Waals surface area (Å²) in [6, 6.07) is 58.4. The molecule has 9 rings (SSSR count). The second kappa shape index (κ2) is 11.3. The molecule has 0 bridgehead atoms. The zero-order chi connectivity index (χ0) is 32.2. The largest absolute Gasteiger partial charge is 0.455 e. The van der Waals surface area contributed by atoms with E-state index in [4.69, 9.17) is 4.42 Å². The van der Waals surface area contributed by atoms with Gasteiger partial charge in [-0.3, -0.25) is 0 Å². The lowest BCUT2D eigenvalue weighted by atomic mass is 9.96. The van der Waals surface area contributed by atoms with Crippen molar-refractivity contribution < 1.29 is 8.98 Å². The highest BCUT2D eigenvalue weighted by Crippen LogP contribution is 2.42. The maximum absolute atomic E-state index is 6.89. The van der Waals surface area contributed by atoms with E-state index in [0.29, 0.717) is 0 Å². The minimum atomic E-state index is 0.890. The third-order valence-electron chi connectivity index (χ3n) is 9.62. The van der Waals surface area contributed by atoms with Gasteiger partial charge in [0.05, 0.1) is 7.05 Å². The Morgan fingerprint density at radius 1 is 0.521 bits per heavy atom. The van der Waals surface area contributed by atoms with Crippen molar-refractivity contribution in [2.24, 2.45) is 7.05 Å². The number of furan rings is 1. The maximum Gasteiger partial charge on any atom is 0.299 e. The van der Waals surface area contributed by atoms with Crippen LogP contribution in [0, 0.1) is 6.92 Å². The van der Waals surface area contributed by atoms with Crippen molar-refractivity contribution in [1.29, 1.82) is 0 Å². The Balaban J connectivity index is 1.35. The minimum Gasteiger partial charge on any atom is -0.455 e. The van der Waals surface area contributed by atoms with Crippen LogP contribution in [0.4, 0.5) is 0 Å². The molecule has 9 aromatic rings. The smallest absolute Gasteiger partial charge is 0.299 e. The number of imidazole rings is 1. The highest BCUT2D eigenvalue weighted by atomic mass is 16.3. The van der Waals surface area contributed by atoms with Gasteiger partial charge >= 0.3 is 0 Å². The van der Waals surface area contributed by atoms with Crippen LogP contribution in [0.3, 0.4) is 0 Å². The van der Waals surface area contributed by atoms with Gasteiger partial charge in [-0.15, -0.1) is 0 Å². The van der Waals surface area contributed by atoms with Gasteiger partial charge in [0, 0.05) is 16.3 Å². The van der Waals surface area contributed by atoms with E-state index in [1.54, 1.807) is 0 Å². The number of fused-ring (bicyclic) bond motifs is 4. The lowest BCUT2D eigenvalue weighted by Crippen LogP contribution is -2.30. The molecular weight excluding hydrogens is 585 g/mol. The molecule has 0 amide bonds. The van der Waals surface area contributed by atoms with Gasteiger partial charge in [0.25, 0.3) is 5.82 Å². The predicted molar refractivity (Wildman–Crippen MR) is 198 cm³/mol. The van der Waals surface area contributed by atoms with E-state index in [9.17, 15) is 0 Å². The highest BCUT2D eigenvalue weighted by molar-refractivity contribution is 6.10. The fourth-order valence-corrected chi connectivity index (χ4v) is 7.26. The molecule has 3 nitrogen and oxygen atoms in total. The molecule has 0 saturated heterocycles. The molecule has 0 unspecified atom stereocenters. The van der Waals surface area contributed by atoms with Crippen LogP contribution in [0.25, 0.3) is 83.4 Å². The Morgan fingerprint density at radius 2 is 1.10 bits per heavy atom. The van der Waals surface area contributed by atoms with Crippen LogP contribution in [0.5, 0.6) is 0 Å². The van der Waals surface area contributed by atoms with Gasteiger partial charge in [0.15, 0.2) is 16.6 Å². The molecule has 0 spiro atoms. The lowest BCUT2D eigenvalue weighted by Gasteiger charge is -2.13. The van der Waals surface area contributed by atoms with Crippen molar-refractivity contribution in [2.75, 3.05) is 0 Å². The Labute approximate surface area is 279 Å². The summed E-state index contributed by atoms with van der Waals surface area (Å²) in [6.07, 6.45) is 0. The van der Waals surface area contributed by atoms with Gasteiger partial charge in [0.1, 0.15) is 16.8 Å². The molecule has 0 fully saturated rings. The molecule has 0 aliphatic heterocycles. The number of nitrogens with zero attached hydrogens (tertiary/aromatic N) is 2. The SMILES string of the molecule is Cc1ccc2c(oc3cc(-c4ccccc4)ccc32)c1-c1n(-c2ccc(-c3ccccc3)cc2-c2ccccc2)c2ccccc2[n+]1C. The number of hydrogen-bond acceptors (Lipinski definition) is 1. The zero-order valence-corrected chi connectivity index (χ0v) is 26.9. The van der Waals surface area contributed by atoms with Crippen molar-refractivity contribution >= 4 is 33.0 Å². The Morgan fingerprint density at radius 3 is 1.81 bits per heavy atom. The van der Waals surface area contributed by atoms with Crippen molar-refractivity contribution in [2.45, 2.75) is 6.92 Å². The molecule has 2 aromatic heterocycles. The van der Waals surface area contributed by atoms with Crippen LogP contribution in [-0.2, 0) is 7.05 Å². The van der Waals surface area contributed by atoms with Crippen molar-refractivity contribution in [1.82, 2.24) is 4.57 Å². The van der Waals surface area contributed by atoms with E-state index >= 15 is 0 Å². The zero-order valence-electron chi connectivity index (χ0n) is 26.9. The number of aromatic nitrogens is 2. The monoisotopic (exact) mass is 617 g/mol. The second-order valence-corrected chi connectivity index (χ2v) is 12.5. The topological polar surface area (TPSA) is 21.9 Å². The molecule has 48 heavy (non-hydrogen) atoms.